The third-order valence-electron chi connectivity index (χ3n) is 4.15. The Bertz CT molecular complexity index is 524. The van der Waals surface area contributed by atoms with Crippen LogP contribution < -0.4 is 0 Å². The van der Waals surface area contributed by atoms with Crippen LogP contribution in [0.25, 0.3) is 0 Å². The molecule has 8 heteroatoms. The summed E-state index contributed by atoms with van der Waals surface area (Å²) in [5.74, 6) is -1.08. The standard InChI is InChI=1S/C13H19N3O5/c1-19-7-10-11(12(17)18)14-15-16(10)9-2-4-21-13(6-9)3-5-20-8-13/h9H,2-8H2,1H3,(H,17,18). The predicted molar refractivity (Wildman–Crippen MR) is 70.1 cm³/mol. The first kappa shape index (κ1) is 14.4. The van der Waals surface area contributed by atoms with Gasteiger partial charge in [-0.2, -0.15) is 0 Å². The first-order valence-corrected chi connectivity index (χ1v) is 7.03. The predicted octanol–water partition coefficient (Wildman–Crippen LogP) is 0.633. The average Bonchev–Trinajstić information content (AvgIpc) is 3.07. The summed E-state index contributed by atoms with van der Waals surface area (Å²) in [4.78, 5) is 11.2. The third kappa shape index (κ3) is 2.66. The molecule has 2 atom stereocenters. The lowest BCUT2D eigenvalue weighted by atomic mass is 9.89. The quantitative estimate of drug-likeness (QED) is 0.870. The fourth-order valence-electron chi connectivity index (χ4n) is 3.12. The van der Waals surface area contributed by atoms with Crippen LogP contribution in [-0.2, 0) is 20.8 Å². The molecule has 1 N–H and O–H groups in total. The molecule has 0 saturated carbocycles. The molecule has 2 aliphatic heterocycles. The molecule has 2 unspecified atom stereocenters. The van der Waals surface area contributed by atoms with Crippen LogP contribution in [0.3, 0.4) is 0 Å². The van der Waals surface area contributed by atoms with E-state index >= 15 is 0 Å². The van der Waals surface area contributed by atoms with E-state index in [1.807, 2.05) is 0 Å². The fourth-order valence-corrected chi connectivity index (χ4v) is 3.12. The minimum atomic E-state index is -1.08. The van der Waals surface area contributed by atoms with E-state index in [9.17, 15) is 9.90 Å². The highest BCUT2D eigenvalue weighted by molar-refractivity contribution is 5.86. The van der Waals surface area contributed by atoms with Gasteiger partial charge in [0.25, 0.3) is 0 Å². The average molecular weight is 297 g/mol. The topological polar surface area (TPSA) is 95.7 Å². The van der Waals surface area contributed by atoms with Gasteiger partial charge in [-0.05, 0) is 6.42 Å². The molecule has 0 amide bonds. The van der Waals surface area contributed by atoms with Gasteiger partial charge in [0.15, 0.2) is 5.69 Å². The summed E-state index contributed by atoms with van der Waals surface area (Å²) in [6.07, 6.45) is 2.40. The number of nitrogens with zero attached hydrogens (tertiary/aromatic N) is 3. The molecule has 0 aliphatic carbocycles. The molecule has 21 heavy (non-hydrogen) atoms. The van der Waals surface area contributed by atoms with Crippen LogP contribution >= 0.6 is 0 Å². The lowest BCUT2D eigenvalue weighted by molar-refractivity contribution is -0.0970. The van der Waals surface area contributed by atoms with E-state index in [-0.39, 0.29) is 23.9 Å². The number of hydrogen-bond donors (Lipinski definition) is 1. The monoisotopic (exact) mass is 297 g/mol. The smallest absolute Gasteiger partial charge is 0.358 e. The van der Waals surface area contributed by atoms with Gasteiger partial charge in [-0.1, -0.05) is 5.21 Å². The van der Waals surface area contributed by atoms with Crippen LogP contribution in [0.4, 0.5) is 0 Å². The Morgan fingerprint density at radius 2 is 2.43 bits per heavy atom. The molecule has 1 spiro atoms. The van der Waals surface area contributed by atoms with Crippen molar-refractivity contribution < 1.29 is 24.1 Å². The minimum absolute atomic E-state index is 0.0416. The number of ether oxygens (including phenoxy) is 3. The van der Waals surface area contributed by atoms with Crippen molar-refractivity contribution in [1.29, 1.82) is 0 Å². The van der Waals surface area contributed by atoms with E-state index in [2.05, 4.69) is 10.3 Å². The number of aromatic nitrogens is 3. The van der Waals surface area contributed by atoms with Crippen LogP contribution in [0.2, 0.25) is 0 Å². The highest BCUT2D eigenvalue weighted by Gasteiger charge is 2.42. The number of rotatable bonds is 4. The molecule has 8 nitrogen and oxygen atoms in total. The molecule has 116 valence electrons. The number of hydrogen-bond acceptors (Lipinski definition) is 6. The summed E-state index contributed by atoms with van der Waals surface area (Å²) in [7, 11) is 1.53. The van der Waals surface area contributed by atoms with E-state index in [0.29, 0.717) is 25.5 Å². The van der Waals surface area contributed by atoms with Gasteiger partial charge in [0, 0.05) is 33.2 Å². The summed E-state index contributed by atoms with van der Waals surface area (Å²) in [6.45, 7) is 2.08. The van der Waals surface area contributed by atoms with Crippen molar-refractivity contribution in [3.8, 4) is 0 Å². The molecule has 0 aromatic carbocycles. The molecular formula is C13H19N3O5. The zero-order chi connectivity index (χ0) is 14.9. The highest BCUT2D eigenvalue weighted by Crippen LogP contribution is 2.38. The van der Waals surface area contributed by atoms with Crippen LogP contribution in [0.15, 0.2) is 0 Å². The zero-order valence-electron chi connectivity index (χ0n) is 11.9. The summed E-state index contributed by atoms with van der Waals surface area (Å²) < 4.78 is 18.1. The van der Waals surface area contributed by atoms with Crippen molar-refractivity contribution >= 4 is 5.97 Å². The van der Waals surface area contributed by atoms with Gasteiger partial charge in [-0.15, -0.1) is 5.10 Å². The first-order valence-electron chi connectivity index (χ1n) is 7.03. The second kappa shape index (κ2) is 5.70. The van der Waals surface area contributed by atoms with Crippen molar-refractivity contribution in [3.05, 3.63) is 11.4 Å². The number of carboxylic acid groups (broad SMARTS) is 1. The van der Waals surface area contributed by atoms with Gasteiger partial charge >= 0.3 is 5.97 Å². The summed E-state index contributed by atoms with van der Waals surface area (Å²) in [6, 6.07) is 0.0613. The molecule has 0 bridgehead atoms. The van der Waals surface area contributed by atoms with Gasteiger partial charge in [-0.25, -0.2) is 9.48 Å². The van der Waals surface area contributed by atoms with Gasteiger partial charge < -0.3 is 19.3 Å². The minimum Gasteiger partial charge on any atom is -0.476 e. The van der Waals surface area contributed by atoms with E-state index in [0.717, 1.165) is 19.3 Å². The molecule has 1 aromatic rings. The second-order valence-corrected chi connectivity index (χ2v) is 5.55. The molecule has 2 saturated heterocycles. The maximum absolute atomic E-state index is 11.2. The first-order chi connectivity index (χ1) is 10.2. The summed E-state index contributed by atoms with van der Waals surface area (Å²) >= 11 is 0. The van der Waals surface area contributed by atoms with Crippen molar-refractivity contribution in [3.63, 3.8) is 0 Å². The van der Waals surface area contributed by atoms with Gasteiger partial charge in [-0.3, -0.25) is 0 Å². The Labute approximate surface area is 122 Å². The summed E-state index contributed by atoms with van der Waals surface area (Å²) in [5.41, 5.74) is 0.203. The van der Waals surface area contributed by atoms with E-state index < -0.39 is 5.97 Å². The van der Waals surface area contributed by atoms with E-state index in [1.54, 1.807) is 4.68 Å². The number of aromatic carboxylic acids is 1. The van der Waals surface area contributed by atoms with Gasteiger partial charge in [0.05, 0.1) is 30.6 Å². The SMILES string of the molecule is COCc1c(C(=O)O)nnn1C1CCOC2(CCOC2)C1. The lowest BCUT2D eigenvalue weighted by Gasteiger charge is -2.37. The maximum Gasteiger partial charge on any atom is 0.358 e. The maximum atomic E-state index is 11.2. The Kier molecular flexibility index (Phi) is 3.92. The Morgan fingerprint density at radius 3 is 3.10 bits per heavy atom. The van der Waals surface area contributed by atoms with Crippen LogP contribution in [0.1, 0.15) is 41.5 Å². The van der Waals surface area contributed by atoms with Gasteiger partial charge in [0.1, 0.15) is 0 Å². The molecule has 3 heterocycles. The summed E-state index contributed by atoms with van der Waals surface area (Å²) in [5, 5.41) is 17.0. The Hall–Kier alpha value is -1.51. The molecule has 2 fully saturated rings. The molecule has 2 aliphatic rings. The Balaban J connectivity index is 1.87. The Morgan fingerprint density at radius 1 is 1.57 bits per heavy atom. The molecular weight excluding hydrogens is 278 g/mol. The normalized spacial score (nSPS) is 29.1. The number of carbonyl (C=O) groups is 1. The van der Waals surface area contributed by atoms with Crippen molar-refractivity contribution in [2.24, 2.45) is 0 Å². The van der Waals surface area contributed by atoms with E-state index in [4.69, 9.17) is 14.2 Å². The molecule has 3 rings (SSSR count). The molecule has 1 aromatic heterocycles. The van der Waals surface area contributed by atoms with Crippen molar-refractivity contribution in [2.45, 2.75) is 37.5 Å². The number of carboxylic acids is 1. The zero-order valence-corrected chi connectivity index (χ0v) is 11.9. The lowest BCUT2D eigenvalue weighted by Crippen LogP contribution is -2.41. The van der Waals surface area contributed by atoms with Crippen LogP contribution in [0, 0.1) is 0 Å². The van der Waals surface area contributed by atoms with Gasteiger partial charge in [0.2, 0.25) is 0 Å². The van der Waals surface area contributed by atoms with E-state index in [1.165, 1.54) is 7.11 Å². The number of methoxy groups -OCH3 is 1. The van der Waals surface area contributed by atoms with Crippen LogP contribution in [-0.4, -0.2) is 58.6 Å². The fraction of sp³-hybridized carbons (Fsp3) is 0.769. The van der Waals surface area contributed by atoms with Crippen LogP contribution in [0.5, 0.6) is 0 Å². The van der Waals surface area contributed by atoms with Crippen molar-refractivity contribution in [1.82, 2.24) is 15.0 Å². The second-order valence-electron chi connectivity index (χ2n) is 5.55. The molecule has 0 radical (unpaired) electrons. The van der Waals surface area contributed by atoms with Crippen molar-refractivity contribution in [2.75, 3.05) is 26.9 Å². The highest BCUT2D eigenvalue weighted by atomic mass is 16.6. The largest absolute Gasteiger partial charge is 0.476 e. The third-order valence-corrected chi connectivity index (χ3v) is 4.15.